The normalized spacial score (nSPS) is 11.1. The second kappa shape index (κ2) is 5.77. The molecule has 0 rings (SSSR count). The van der Waals surface area contributed by atoms with Crippen LogP contribution in [0.5, 0.6) is 0 Å². The Morgan fingerprint density at radius 2 is 1.92 bits per heavy atom. The van der Waals surface area contributed by atoms with E-state index in [0.717, 1.165) is 6.42 Å². The molecule has 0 bridgehead atoms. The van der Waals surface area contributed by atoms with Crippen LogP contribution in [-0.4, -0.2) is 18.4 Å². The van der Waals surface area contributed by atoms with Crippen molar-refractivity contribution < 1.29 is 24.3 Å². The molecule has 5 heteroatoms. The molecule has 0 aromatic heterocycles. The van der Waals surface area contributed by atoms with Gasteiger partial charge in [0.05, 0.1) is 6.61 Å². The molecular weight excluding hydrogens is 176 g/mol. The molecule has 0 fully saturated rings. The average molecular weight is 192 g/mol. The van der Waals surface area contributed by atoms with E-state index in [1.165, 1.54) is 0 Å². The van der Waals surface area contributed by atoms with Gasteiger partial charge in [-0.15, -0.1) is 0 Å². The van der Waals surface area contributed by atoms with Gasteiger partial charge in [-0.2, -0.15) is 4.89 Å². The lowest BCUT2D eigenvalue weighted by Gasteiger charge is -2.19. The van der Waals surface area contributed by atoms with E-state index in [-0.39, 0.29) is 6.61 Å². The first-order valence-electron chi connectivity index (χ1n) is 4.21. The lowest BCUT2D eigenvalue weighted by atomic mass is 10.1. The third-order valence-corrected chi connectivity index (χ3v) is 1.48. The molecule has 0 atom stereocenters. The fraction of sp³-hybridized carbons (Fsp3) is 0.875. The van der Waals surface area contributed by atoms with Gasteiger partial charge in [-0.05, 0) is 32.2 Å². The highest BCUT2D eigenvalue weighted by molar-refractivity contribution is 5.58. The highest BCUT2D eigenvalue weighted by atomic mass is 17.5. The third-order valence-electron chi connectivity index (χ3n) is 1.48. The highest BCUT2D eigenvalue weighted by Gasteiger charge is 2.18. The number of carbonyl (C=O) groups excluding carboxylic acids is 1. The van der Waals surface area contributed by atoms with E-state index in [2.05, 4.69) is 14.7 Å². The molecule has 0 aromatic rings. The molecule has 13 heavy (non-hydrogen) atoms. The van der Waals surface area contributed by atoms with Crippen molar-refractivity contribution >= 4 is 6.16 Å². The van der Waals surface area contributed by atoms with Gasteiger partial charge < -0.3 is 4.74 Å². The van der Waals surface area contributed by atoms with E-state index in [4.69, 9.17) is 4.89 Å². The molecule has 5 nitrogen and oxygen atoms in total. The van der Waals surface area contributed by atoms with E-state index < -0.39 is 11.8 Å². The van der Waals surface area contributed by atoms with Crippen LogP contribution in [0.3, 0.4) is 0 Å². The Morgan fingerprint density at radius 1 is 1.31 bits per heavy atom. The van der Waals surface area contributed by atoms with Crippen molar-refractivity contribution in [2.24, 2.45) is 0 Å². The summed E-state index contributed by atoms with van der Waals surface area (Å²) >= 11 is 0. The van der Waals surface area contributed by atoms with Gasteiger partial charge in [0.1, 0.15) is 5.60 Å². The topological polar surface area (TPSA) is 54.0 Å². The predicted octanol–water partition coefficient (Wildman–Crippen LogP) is 2.21. The van der Waals surface area contributed by atoms with Gasteiger partial charge in [0.15, 0.2) is 0 Å². The van der Waals surface area contributed by atoms with Crippen LogP contribution in [0.1, 0.15) is 34.1 Å². The van der Waals surface area contributed by atoms with Gasteiger partial charge in [0.25, 0.3) is 0 Å². The largest absolute Gasteiger partial charge is 0.542 e. The molecular formula is C8H16O5. The smallest absolute Gasteiger partial charge is 0.433 e. The second-order valence-corrected chi connectivity index (χ2v) is 3.03. The molecule has 0 heterocycles. The maximum atomic E-state index is 10.6. The van der Waals surface area contributed by atoms with Crippen LogP contribution in [0.4, 0.5) is 4.79 Å². The summed E-state index contributed by atoms with van der Waals surface area (Å²) in [4.78, 5) is 19.5. The minimum atomic E-state index is -0.908. The molecule has 78 valence electrons. The fourth-order valence-electron chi connectivity index (χ4n) is 0.338. The van der Waals surface area contributed by atoms with E-state index in [1.54, 1.807) is 6.92 Å². The number of hydrogen-bond acceptors (Lipinski definition) is 5. The maximum Gasteiger partial charge on any atom is 0.542 e. The molecule has 0 saturated carbocycles. The Kier molecular flexibility index (Phi) is 5.41. The van der Waals surface area contributed by atoms with Crippen LogP contribution in [0.2, 0.25) is 0 Å². The second-order valence-electron chi connectivity index (χ2n) is 3.03. The minimum absolute atomic E-state index is 0.235. The Bertz CT molecular complexity index is 155. The molecule has 0 unspecified atom stereocenters. The van der Waals surface area contributed by atoms with Crippen LogP contribution in [0.25, 0.3) is 0 Å². The molecule has 0 saturated heterocycles. The van der Waals surface area contributed by atoms with E-state index >= 15 is 0 Å². The average Bonchev–Trinajstić information content (AvgIpc) is 2.05. The zero-order valence-electron chi connectivity index (χ0n) is 8.46. The summed E-state index contributed by atoms with van der Waals surface area (Å²) in [5.74, 6) is 0. The highest BCUT2D eigenvalue weighted by Crippen LogP contribution is 2.13. The number of ether oxygens (including phenoxy) is 1. The Hall–Kier alpha value is -0.810. The Labute approximate surface area is 77.8 Å². The summed E-state index contributed by atoms with van der Waals surface area (Å²) in [6.07, 6.45) is -0.173. The van der Waals surface area contributed by atoms with Crippen molar-refractivity contribution in [1.82, 2.24) is 0 Å². The standard InChI is InChI=1S/C8H16O5/c1-5-8(3,4)12-13-11-7(9)10-6-2/h5-6H2,1-4H3. The maximum absolute atomic E-state index is 10.6. The van der Waals surface area contributed by atoms with Crippen molar-refractivity contribution in [3.63, 3.8) is 0 Å². The zero-order valence-corrected chi connectivity index (χ0v) is 8.46. The van der Waals surface area contributed by atoms with Crippen LogP contribution in [0.15, 0.2) is 0 Å². The van der Waals surface area contributed by atoms with Gasteiger partial charge in [0, 0.05) is 0 Å². The summed E-state index contributed by atoms with van der Waals surface area (Å²) in [5, 5.41) is 4.23. The van der Waals surface area contributed by atoms with Gasteiger partial charge >= 0.3 is 6.16 Å². The van der Waals surface area contributed by atoms with Crippen molar-refractivity contribution in [3.05, 3.63) is 0 Å². The Balaban J connectivity index is 3.50. The SMILES string of the molecule is CCOC(=O)OOOC(C)(C)CC. The predicted molar refractivity (Wildman–Crippen MR) is 44.6 cm³/mol. The summed E-state index contributed by atoms with van der Waals surface area (Å²) in [5.41, 5.74) is -0.480. The summed E-state index contributed by atoms with van der Waals surface area (Å²) in [6.45, 7) is 7.44. The van der Waals surface area contributed by atoms with E-state index in [9.17, 15) is 4.79 Å². The quantitative estimate of drug-likeness (QED) is 0.379. The van der Waals surface area contributed by atoms with Crippen LogP contribution in [0, 0.1) is 0 Å². The lowest BCUT2D eigenvalue weighted by molar-refractivity contribution is -0.517. The molecule has 0 aliphatic heterocycles. The number of rotatable bonds is 5. The van der Waals surface area contributed by atoms with Crippen molar-refractivity contribution in [2.75, 3.05) is 6.61 Å². The van der Waals surface area contributed by atoms with Crippen LogP contribution >= 0.6 is 0 Å². The molecule has 0 amide bonds. The van der Waals surface area contributed by atoms with Crippen molar-refractivity contribution in [2.45, 2.75) is 39.7 Å². The first kappa shape index (κ1) is 12.2. The molecule has 0 radical (unpaired) electrons. The monoisotopic (exact) mass is 192 g/mol. The van der Waals surface area contributed by atoms with E-state index in [1.807, 2.05) is 20.8 Å². The minimum Gasteiger partial charge on any atom is -0.433 e. The van der Waals surface area contributed by atoms with E-state index in [0.29, 0.717) is 0 Å². The zero-order chi connectivity index (χ0) is 10.3. The Morgan fingerprint density at radius 3 is 2.38 bits per heavy atom. The summed E-state index contributed by atoms with van der Waals surface area (Å²) in [6, 6.07) is 0. The molecule has 0 spiro atoms. The van der Waals surface area contributed by atoms with Gasteiger partial charge in [-0.25, -0.2) is 9.68 Å². The number of carbonyl (C=O) groups is 1. The first-order valence-corrected chi connectivity index (χ1v) is 4.21. The van der Waals surface area contributed by atoms with Gasteiger partial charge in [0.2, 0.25) is 0 Å². The fourth-order valence-corrected chi connectivity index (χ4v) is 0.338. The first-order chi connectivity index (χ1) is 6.02. The van der Waals surface area contributed by atoms with Crippen molar-refractivity contribution in [1.29, 1.82) is 0 Å². The number of hydrogen-bond donors (Lipinski definition) is 0. The molecule has 0 aromatic carbocycles. The van der Waals surface area contributed by atoms with Crippen LogP contribution < -0.4 is 0 Å². The van der Waals surface area contributed by atoms with Crippen LogP contribution in [-0.2, 0) is 19.6 Å². The molecule has 0 N–H and O–H groups in total. The van der Waals surface area contributed by atoms with Gasteiger partial charge in [-0.3, -0.25) is 0 Å². The molecule has 0 aliphatic rings. The van der Waals surface area contributed by atoms with Gasteiger partial charge in [-0.1, -0.05) is 6.92 Å². The molecule has 0 aliphatic carbocycles. The third kappa shape index (κ3) is 6.36. The van der Waals surface area contributed by atoms with Crippen molar-refractivity contribution in [3.8, 4) is 0 Å². The summed E-state index contributed by atoms with van der Waals surface area (Å²) in [7, 11) is 0. The summed E-state index contributed by atoms with van der Waals surface area (Å²) < 4.78 is 4.42. The lowest BCUT2D eigenvalue weighted by Crippen LogP contribution is -2.24.